The average molecular weight is 339 g/mol. The second kappa shape index (κ2) is 5.86. The first-order valence-corrected chi connectivity index (χ1v) is 7.54. The van der Waals surface area contributed by atoms with Crippen molar-refractivity contribution < 1.29 is 28.5 Å². The Balaban J connectivity index is 1.99. The maximum absolute atomic E-state index is 12.0. The molecule has 0 aliphatic carbocycles. The Morgan fingerprint density at radius 3 is 2.57 bits per heavy atom. The van der Waals surface area contributed by atoms with Gasteiger partial charge in [-0.1, -0.05) is 0 Å². The van der Waals surface area contributed by atoms with E-state index in [1.54, 1.807) is 12.1 Å². The van der Waals surface area contributed by atoms with Gasteiger partial charge in [0, 0.05) is 25.0 Å². The number of carbonyl (C=O) groups excluding carboxylic acids is 2. The number of benzene rings is 1. The van der Waals surface area contributed by atoms with Gasteiger partial charge >= 0.3 is 11.9 Å². The number of carbonyl (C=O) groups is 2. The van der Waals surface area contributed by atoms with Crippen LogP contribution in [-0.2, 0) is 36.3 Å². The van der Waals surface area contributed by atoms with Gasteiger partial charge in [-0.05, 0) is 23.8 Å². The molecule has 3 rings (SSSR count). The van der Waals surface area contributed by atoms with Crippen molar-refractivity contribution in [1.82, 2.24) is 0 Å². The van der Waals surface area contributed by atoms with E-state index in [4.69, 9.17) is 30.5 Å². The number of rotatable bonds is 2. The van der Waals surface area contributed by atoms with Crippen LogP contribution in [0.3, 0.4) is 0 Å². The lowest BCUT2D eigenvalue weighted by Gasteiger charge is -2.29. The summed E-state index contributed by atoms with van der Waals surface area (Å²) < 4.78 is 20.8. The minimum atomic E-state index is -1.26. The third-order valence-electron chi connectivity index (χ3n) is 3.38. The van der Waals surface area contributed by atoms with E-state index in [0.717, 1.165) is 11.1 Å². The summed E-state index contributed by atoms with van der Waals surface area (Å²) in [5, 5.41) is 0. The summed E-state index contributed by atoms with van der Waals surface area (Å²) in [6.07, 6.45) is 1.42. The highest BCUT2D eigenvalue weighted by molar-refractivity contribution is 6.19. The number of fused-ring (bicyclic) bond motifs is 1. The summed E-state index contributed by atoms with van der Waals surface area (Å²) in [6, 6.07) is 3.53. The van der Waals surface area contributed by atoms with Gasteiger partial charge in [0.15, 0.2) is 6.79 Å². The minimum absolute atomic E-state index is 0.164. The number of cyclic esters (lactones) is 2. The second-order valence-corrected chi connectivity index (χ2v) is 5.92. The van der Waals surface area contributed by atoms with Crippen LogP contribution in [-0.4, -0.2) is 24.5 Å². The van der Waals surface area contributed by atoms with Gasteiger partial charge in [0.05, 0.1) is 12.5 Å². The van der Waals surface area contributed by atoms with Crippen LogP contribution in [0.1, 0.15) is 30.5 Å². The third-order valence-corrected chi connectivity index (χ3v) is 3.67. The molecule has 6 nitrogen and oxygen atoms in total. The van der Waals surface area contributed by atoms with E-state index >= 15 is 0 Å². The van der Waals surface area contributed by atoms with Gasteiger partial charge in [0.25, 0.3) is 5.79 Å². The maximum Gasteiger partial charge on any atom is 0.348 e. The Hall–Kier alpha value is -2.05. The van der Waals surface area contributed by atoms with Crippen molar-refractivity contribution in [1.29, 1.82) is 0 Å². The molecule has 2 aliphatic heterocycles. The van der Waals surface area contributed by atoms with Crippen molar-refractivity contribution >= 4 is 29.6 Å². The monoisotopic (exact) mass is 338 g/mol. The standard InChI is InChI=1S/C16H15ClO6/c1-16(2)22-14(18)12(15(19)23-16)5-9-3-10(6-17)13-11(4-9)7-20-8-21-13/h3-5H,6-8H2,1-2H3. The van der Waals surface area contributed by atoms with Crippen LogP contribution in [0, 0.1) is 0 Å². The Labute approximate surface area is 137 Å². The van der Waals surface area contributed by atoms with Crippen LogP contribution < -0.4 is 4.74 Å². The molecule has 0 unspecified atom stereocenters. The molecule has 1 saturated heterocycles. The van der Waals surface area contributed by atoms with E-state index in [2.05, 4.69) is 0 Å². The molecular weight excluding hydrogens is 324 g/mol. The quantitative estimate of drug-likeness (QED) is 0.357. The zero-order valence-electron chi connectivity index (χ0n) is 12.7. The van der Waals surface area contributed by atoms with Crippen molar-refractivity contribution in [2.75, 3.05) is 6.79 Å². The van der Waals surface area contributed by atoms with Gasteiger partial charge in [-0.25, -0.2) is 9.59 Å². The summed E-state index contributed by atoms with van der Waals surface area (Å²) in [5.41, 5.74) is 2.02. The predicted molar refractivity (Wildman–Crippen MR) is 80.5 cm³/mol. The van der Waals surface area contributed by atoms with E-state index in [9.17, 15) is 9.59 Å². The summed E-state index contributed by atoms with van der Waals surface area (Å²) in [7, 11) is 0. The van der Waals surface area contributed by atoms with E-state index in [1.807, 2.05) is 0 Å². The molecule has 0 N–H and O–H groups in total. The smallest absolute Gasteiger partial charge is 0.348 e. The Bertz CT molecular complexity index is 668. The third kappa shape index (κ3) is 3.18. The van der Waals surface area contributed by atoms with E-state index < -0.39 is 17.7 Å². The summed E-state index contributed by atoms with van der Waals surface area (Å²) in [5.74, 6) is -1.78. The SMILES string of the molecule is CC1(C)OC(=O)C(=Cc2cc(CCl)c3c(c2)COCO3)C(=O)O1. The van der Waals surface area contributed by atoms with Crippen LogP contribution >= 0.6 is 11.6 Å². The van der Waals surface area contributed by atoms with Gasteiger partial charge in [-0.3, -0.25) is 0 Å². The van der Waals surface area contributed by atoms with Crippen molar-refractivity contribution in [3.8, 4) is 5.75 Å². The summed E-state index contributed by atoms with van der Waals surface area (Å²) in [6.45, 7) is 3.54. The zero-order valence-corrected chi connectivity index (χ0v) is 13.4. The molecule has 0 atom stereocenters. The van der Waals surface area contributed by atoms with Gasteiger partial charge in [0.2, 0.25) is 0 Å². The molecule has 0 spiro atoms. The fourth-order valence-corrected chi connectivity index (χ4v) is 2.65. The first-order chi connectivity index (χ1) is 10.9. The highest BCUT2D eigenvalue weighted by atomic mass is 35.5. The molecule has 23 heavy (non-hydrogen) atoms. The van der Waals surface area contributed by atoms with Crippen molar-refractivity contribution in [3.05, 3.63) is 34.4 Å². The molecule has 122 valence electrons. The van der Waals surface area contributed by atoms with Crippen LogP contribution in [0.2, 0.25) is 0 Å². The normalized spacial score (nSPS) is 19.3. The number of hydrogen-bond acceptors (Lipinski definition) is 6. The Morgan fingerprint density at radius 1 is 1.22 bits per heavy atom. The maximum atomic E-state index is 12.0. The molecule has 1 aromatic rings. The minimum Gasteiger partial charge on any atom is -0.467 e. The summed E-state index contributed by atoms with van der Waals surface area (Å²) >= 11 is 5.95. The number of halogens is 1. The van der Waals surface area contributed by atoms with Crippen LogP contribution in [0.25, 0.3) is 6.08 Å². The molecule has 2 aliphatic rings. The van der Waals surface area contributed by atoms with E-state index in [1.165, 1.54) is 19.9 Å². The molecule has 1 fully saturated rings. The fourth-order valence-electron chi connectivity index (χ4n) is 2.45. The van der Waals surface area contributed by atoms with Gasteiger partial charge in [0.1, 0.15) is 11.3 Å². The van der Waals surface area contributed by atoms with Gasteiger partial charge < -0.3 is 18.9 Å². The van der Waals surface area contributed by atoms with Crippen LogP contribution in [0.5, 0.6) is 5.75 Å². The van der Waals surface area contributed by atoms with E-state index in [-0.39, 0.29) is 18.2 Å². The number of alkyl halides is 1. The lowest BCUT2D eigenvalue weighted by atomic mass is 10.0. The highest BCUT2D eigenvalue weighted by Gasteiger charge is 2.38. The topological polar surface area (TPSA) is 71.1 Å². The van der Waals surface area contributed by atoms with Crippen LogP contribution in [0.15, 0.2) is 17.7 Å². The van der Waals surface area contributed by atoms with Gasteiger partial charge in [-0.15, -0.1) is 11.6 Å². The second-order valence-electron chi connectivity index (χ2n) is 5.65. The molecule has 2 heterocycles. The molecule has 0 saturated carbocycles. The zero-order chi connectivity index (χ0) is 16.6. The van der Waals surface area contributed by atoms with Gasteiger partial charge in [-0.2, -0.15) is 0 Å². The molecule has 0 amide bonds. The summed E-state index contributed by atoms with van der Waals surface area (Å²) in [4.78, 5) is 24.0. The average Bonchev–Trinajstić information content (AvgIpc) is 2.49. The highest BCUT2D eigenvalue weighted by Crippen LogP contribution is 2.32. The van der Waals surface area contributed by atoms with Crippen molar-refractivity contribution in [3.63, 3.8) is 0 Å². The molecular formula is C16H15ClO6. The number of ether oxygens (including phenoxy) is 4. The van der Waals surface area contributed by atoms with Crippen molar-refractivity contribution in [2.24, 2.45) is 0 Å². The first kappa shape index (κ1) is 15.8. The van der Waals surface area contributed by atoms with E-state index in [0.29, 0.717) is 17.9 Å². The number of esters is 2. The predicted octanol–water partition coefficient (Wildman–Crippen LogP) is 2.51. The largest absolute Gasteiger partial charge is 0.467 e. The van der Waals surface area contributed by atoms with Crippen molar-refractivity contribution in [2.45, 2.75) is 32.1 Å². The first-order valence-electron chi connectivity index (χ1n) is 7.00. The molecule has 0 bridgehead atoms. The lowest BCUT2D eigenvalue weighted by molar-refractivity contribution is -0.222. The molecule has 7 heteroatoms. The number of hydrogen-bond donors (Lipinski definition) is 0. The molecule has 0 radical (unpaired) electrons. The Kier molecular flexibility index (Phi) is 4.04. The fraction of sp³-hybridized carbons (Fsp3) is 0.375. The molecule has 1 aromatic carbocycles. The van der Waals surface area contributed by atoms with Crippen LogP contribution in [0.4, 0.5) is 0 Å². The Morgan fingerprint density at radius 2 is 1.91 bits per heavy atom. The lowest BCUT2D eigenvalue weighted by Crippen LogP contribution is -2.41. The molecule has 0 aromatic heterocycles.